The molecule has 0 bridgehead atoms. The fourth-order valence-corrected chi connectivity index (χ4v) is 1.71. The van der Waals surface area contributed by atoms with Crippen molar-refractivity contribution in [3.63, 3.8) is 0 Å². The fraction of sp³-hybridized carbons (Fsp3) is 0. The van der Waals surface area contributed by atoms with Crippen LogP contribution in [0, 0.1) is 0 Å². The Labute approximate surface area is 114 Å². The Morgan fingerprint density at radius 3 is 2.74 bits per heavy atom. The number of nitrogens with one attached hydrogen (secondary N) is 1. The summed E-state index contributed by atoms with van der Waals surface area (Å²) in [5.74, 6) is -0.762. The van der Waals surface area contributed by atoms with Crippen molar-refractivity contribution in [1.82, 2.24) is 5.32 Å². The second kappa shape index (κ2) is 5.49. The Bertz CT molecular complexity index is 620. The van der Waals surface area contributed by atoms with Crippen molar-refractivity contribution in [2.45, 2.75) is 0 Å². The highest BCUT2D eigenvalue weighted by atomic mass is 35.5. The SMILES string of the molecule is C=Nc1ccccc1/C=C(Cl)/C=C1/OC(=O)NC1=O. The summed E-state index contributed by atoms with van der Waals surface area (Å²) in [5.41, 5.74) is 1.40. The minimum atomic E-state index is -0.811. The van der Waals surface area contributed by atoms with Crippen LogP contribution >= 0.6 is 11.6 Å². The number of para-hydroxylation sites is 1. The average Bonchev–Trinajstić information content (AvgIpc) is 2.68. The van der Waals surface area contributed by atoms with Crippen molar-refractivity contribution in [3.05, 3.63) is 46.7 Å². The zero-order valence-corrected chi connectivity index (χ0v) is 10.5. The summed E-state index contributed by atoms with van der Waals surface area (Å²) in [6.07, 6.45) is 2.05. The standard InChI is InChI=1S/C13H9ClN2O3/c1-15-10-5-3-2-4-8(10)6-9(14)7-11-12(17)16-13(18)19-11/h2-7H,1H2,(H,16,17,18)/b9-6-,11-7+. The lowest BCUT2D eigenvalue weighted by Crippen LogP contribution is -2.18. The van der Waals surface area contributed by atoms with E-state index in [0.717, 1.165) is 5.56 Å². The summed E-state index contributed by atoms with van der Waals surface area (Å²) in [4.78, 5) is 25.9. The van der Waals surface area contributed by atoms with Crippen LogP contribution in [0.2, 0.25) is 0 Å². The Morgan fingerprint density at radius 1 is 1.37 bits per heavy atom. The molecule has 1 aliphatic rings. The van der Waals surface area contributed by atoms with Gasteiger partial charge in [-0.05, 0) is 18.9 Å². The van der Waals surface area contributed by atoms with E-state index in [9.17, 15) is 9.59 Å². The largest absolute Gasteiger partial charge is 0.419 e. The first-order valence-electron chi connectivity index (χ1n) is 5.28. The van der Waals surface area contributed by atoms with E-state index in [1.165, 1.54) is 6.08 Å². The van der Waals surface area contributed by atoms with E-state index in [0.29, 0.717) is 5.69 Å². The normalized spacial score (nSPS) is 17.3. The highest BCUT2D eigenvalue weighted by Crippen LogP contribution is 2.23. The van der Waals surface area contributed by atoms with Crippen LogP contribution in [0.4, 0.5) is 10.5 Å². The summed E-state index contributed by atoms with van der Waals surface area (Å²) < 4.78 is 4.64. The number of amides is 2. The van der Waals surface area contributed by atoms with Gasteiger partial charge in [0.1, 0.15) is 0 Å². The number of nitrogens with zero attached hydrogens (tertiary/aromatic N) is 1. The van der Waals surface area contributed by atoms with E-state index in [1.54, 1.807) is 18.2 Å². The van der Waals surface area contributed by atoms with Crippen LogP contribution in [0.5, 0.6) is 0 Å². The van der Waals surface area contributed by atoms with Crippen molar-refractivity contribution in [2.75, 3.05) is 0 Å². The van der Waals surface area contributed by atoms with E-state index >= 15 is 0 Å². The van der Waals surface area contributed by atoms with E-state index in [-0.39, 0.29) is 10.8 Å². The van der Waals surface area contributed by atoms with Crippen LogP contribution in [-0.2, 0) is 9.53 Å². The van der Waals surface area contributed by atoms with Crippen molar-refractivity contribution in [2.24, 2.45) is 4.99 Å². The molecule has 0 aromatic heterocycles. The third-order valence-corrected chi connectivity index (χ3v) is 2.53. The molecule has 1 aromatic rings. The molecule has 2 rings (SSSR count). The maximum atomic E-state index is 11.3. The zero-order chi connectivity index (χ0) is 13.8. The third kappa shape index (κ3) is 3.08. The molecule has 0 atom stereocenters. The summed E-state index contributed by atoms with van der Waals surface area (Å²) in [6.45, 7) is 3.45. The Balaban J connectivity index is 2.29. The number of alkyl carbamates (subject to hydrolysis) is 1. The van der Waals surface area contributed by atoms with Gasteiger partial charge < -0.3 is 4.74 Å². The van der Waals surface area contributed by atoms with Gasteiger partial charge in [-0.3, -0.25) is 15.1 Å². The first kappa shape index (κ1) is 13.0. The number of hydrogen-bond acceptors (Lipinski definition) is 4. The monoisotopic (exact) mass is 276 g/mol. The number of benzene rings is 1. The topological polar surface area (TPSA) is 67.8 Å². The molecule has 1 N–H and O–H groups in total. The molecule has 0 radical (unpaired) electrons. The summed E-state index contributed by atoms with van der Waals surface area (Å²) in [7, 11) is 0. The molecular weight excluding hydrogens is 268 g/mol. The number of carbonyl (C=O) groups is 2. The van der Waals surface area contributed by atoms with Gasteiger partial charge in [0.05, 0.1) is 5.69 Å². The van der Waals surface area contributed by atoms with Crippen LogP contribution in [0.15, 0.2) is 46.1 Å². The molecule has 5 nitrogen and oxygen atoms in total. The number of cyclic esters (lactones) is 1. The van der Waals surface area contributed by atoms with Crippen LogP contribution in [0.25, 0.3) is 6.08 Å². The minimum Gasteiger partial charge on any atom is -0.404 e. The van der Waals surface area contributed by atoms with Gasteiger partial charge in [-0.1, -0.05) is 29.8 Å². The summed E-state index contributed by atoms with van der Waals surface area (Å²) in [5, 5.41) is 2.21. The highest BCUT2D eigenvalue weighted by Gasteiger charge is 2.26. The van der Waals surface area contributed by atoms with E-state index in [4.69, 9.17) is 11.6 Å². The van der Waals surface area contributed by atoms with Crippen LogP contribution in [0.3, 0.4) is 0 Å². The van der Waals surface area contributed by atoms with Crippen molar-refractivity contribution >= 4 is 42.1 Å². The van der Waals surface area contributed by atoms with Gasteiger partial charge in [0.2, 0.25) is 0 Å². The lowest BCUT2D eigenvalue weighted by molar-refractivity contribution is -0.116. The average molecular weight is 277 g/mol. The second-order valence-electron chi connectivity index (χ2n) is 3.60. The van der Waals surface area contributed by atoms with Gasteiger partial charge in [0.25, 0.3) is 5.91 Å². The number of allylic oxidation sites excluding steroid dienone is 2. The van der Waals surface area contributed by atoms with Crippen molar-refractivity contribution in [1.29, 1.82) is 0 Å². The lowest BCUT2D eigenvalue weighted by atomic mass is 10.1. The van der Waals surface area contributed by atoms with E-state index < -0.39 is 12.0 Å². The molecule has 19 heavy (non-hydrogen) atoms. The van der Waals surface area contributed by atoms with Gasteiger partial charge in [0, 0.05) is 16.7 Å². The summed E-state index contributed by atoms with van der Waals surface area (Å²) >= 11 is 5.99. The first-order valence-corrected chi connectivity index (χ1v) is 5.66. The van der Waals surface area contributed by atoms with Crippen molar-refractivity contribution < 1.29 is 14.3 Å². The lowest BCUT2D eigenvalue weighted by Gasteiger charge is -1.99. The van der Waals surface area contributed by atoms with Crippen molar-refractivity contribution in [3.8, 4) is 0 Å². The molecular formula is C13H9ClN2O3. The predicted molar refractivity (Wildman–Crippen MR) is 72.2 cm³/mol. The van der Waals surface area contributed by atoms with Gasteiger partial charge >= 0.3 is 6.09 Å². The van der Waals surface area contributed by atoms with Gasteiger partial charge in [-0.2, -0.15) is 0 Å². The molecule has 6 heteroatoms. The maximum Gasteiger partial charge on any atom is 0.419 e. The molecule has 0 spiro atoms. The van der Waals surface area contributed by atoms with E-state index in [1.807, 2.05) is 17.4 Å². The molecule has 1 aliphatic heterocycles. The van der Waals surface area contributed by atoms with Crippen LogP contribution in [-0.4, -0.2) is 18.7 Å². The number of halogens is 1. The first-order chi connectivity index (χ1) is 9.10. The number of rotatable bonds is 3. The third-order valence-electron chi connectivity index (χ3n) is 2.31. The summed E-state index contributed by atoms with van der Waals surface area (Å²) in [6, 6.07) is 7.21. The highest BCUT2D eigenvalue weighted by molar-refractivity contribution is 6.33. The molecule has 1 aromatic carbocycles. The number of imide groups is 1. The van der Waals surface area contributed by atoms with Gasteiger partial charge in [-0.25, -0.2) is 4.79 Å². The van der Waals surface area contributed by atoms with Crippen LogP contribution < -0.4 is 5.32 Å². The molecule has 1 heterocycles. The van der Waals surface area contributed by atoms with Gasteiger partial charge in [-0.15, -0.1) is 0 Å². The zero-order valence-electron chi connectivity index (χ0n) is 9.72. The van der Waals surface area contributed by atoms with Crippen LogP contribution in [0.1, 0.15) is 5.56 Å². The second-order valence-corrected chi connectivity index (χ2v) is 4.03. The molecule has 1 saturated heterocycles. The number of aliphatic imine (C=N–C) groups is 1. The molecule has 96 valence electrons. The van der Waals surface area contributed by atoms with Gasteiger partial charge in [0.15, 0.2) is 5.76 Å². The fourth-order valence-electron chi connectivity index (χ4n) is 1.49. The minimum absolute atomic E-state index is 0.143. The molecule has 0 saturated carbocycles. The number of ether oxygens (including phenoxy) is 1. The van der Waals surface area contributed by atoms with E-state index in [2.05, 4.69) is 16.4 Å². The molecule has 0 aliphatic carbocycles. The number of carbonyl (C=O) groups excluding carboxylic acids is 2. The Hall–Kier alpha value is -2.40. The maximum absolute atomic E-state index is 11.3. The number of hydrogen-bond donors (Lipinski definition) is 1. The molecule has 2 amide bonds. The predicted octanol–water partition coefficient (Wildman–Crippen LogP) is 2.75. The molecule has 1 fully saturated rings. The smallest absolute Gasteiger partial charge is 0.404 e. The molecule has 0 unspecified atom stereocenters. The Morgan fingerprint density at radius 2 is 2.11 bits per heavy atom. The quantitative estimate of drug-likeness (QED) is 0.682. The Kier molecular flexibility index (Phi) is 3.77.